The number of halogens is 1. The number of amides is 1. The predicted molar refractivity (Wildman–Crippen MR) is 97.4 cm³/mol. The quantitative estimate of drug-likeness (QED) is 0.679. The number of aromatic nitrogens is 1. The molecule has 1 heterocycles. The molecule has 0 saturated heterocycles. The van der Waals surface area contributed by atoms with Crippen LogP contribution in [0.3, 0.4) is 0 Å². The van der Waals surface area contributed by atoms with Gasteiger partial charge in [-0.15, -0.1) is 0 Å². The summed E-state index contributed by atoms with van der Waals surface area (Å²) in [6.07, 6.45) is 1.68. The Labute approximate surface area is 146 Å². The molecule has 0 fully saturated rings. The van der Waals surface area contributed by atoms with E-state index >= 15 is 0 Å². The predicted octanol–water partition coefficient (Wildman–Crippen LogP) is 4.89. The molecule has 0 bridgehead atoms. The van der Waals surface area contributed by atoms with Crippen LogP contribution in [-0.4, -0.2) is 10.9 Å². The number of carbonyl (C=O) groups is 1. The van der Waals surface area contributed by atoms with Gasteiger partial charge >= 0.3 is 0 Å². The fraction of sp³-hybridized carbons (Fsp3) is 0.100. The smallest absolute Gasteiger partial charge is 0.261 e. The van der Waals surface area contributed by atoms with Gasteiger partial charge in [0, 0.05) is 6.20 Å². The van der Waals surface area contributed by atoms with E-state index in [9.17, 15) is 4.79 Å². The topological polar surface area (TPSA) is 33.2 Å². The highest BCUT2D eigenvalue weighted by Crippen LogP contribution is 2.22. The number of pyridine rings is 1. The largest absolute Gasteiger partial charge is 0.288 e. The number of carbonyl (C=O) groups excluding carboxylic acids is 1. The van der Waals surface area contributed by atoms with Crippen LogP contribution in [0.5, 0.6) is 0 Å². The monoisotopic (exact) mass is 336 g/mol. The summed E-state index contributed by atoms with van der Waals surface area (Å²) in [7, 11) is 0. The highest BCUT2D eigenvalue weighted by atomic mass is 35.5. The molecule has 0 spiro atoms. The third-order valence-corrected chi connectivity index (χ3v) is 4.07. The molecule has 0 N–H and O–H groups in total. The Hall–Kier alpha value is -2.65. The third kappa shape index (κ3) is 3.63. The summed E-state index contributed by atoms with van der Waals surface area (Å²) in [5.74, 6) is 0.433. The molecule has 24 heavy (non-hydrogen) atoms. The fourth-order valence-electron chi connectivity index (χ4n) is 2.43. The molecular formula is C20H17ClN2O. The van der Waals surface area contributed by atoms with Gasteiger partial charge < -0.3 is 0 Å². The first kappa shape index (κ1) is 16.2. The molecule has 3 rings (SSSR count). The van der Waals surface area contributed by atoms with Crippen molar-refractivity contribution in [1.29, 1.82) is 0 Å². The van der Waals surface area contributed by atoms with E-state index in [1.165, 1.54) is 5.56 Å². The van der Waals surface area contributed by atoms with Crippen LogP contribution < -0.4 is 4.90 Å². The number of anilines is 1. The van der Waals surface area contributed by atoms with Crippen molar-refractivity contribution in [2.24, 2.45) is 0 Å². The Morgan fingerprint density at radius 2 is 1.71 bits per heavy atom. The van der Waals surface area contributed by atoms with Gasteiger partial charge in [-0.2, -0.15) is 0 Å². The van der Waals surface area contributed by atoms with Gasteiger partial charge in [0.2, 0.25) is 0 Å². The van der Waals surface area contributed by atoms with Gasteiger partial charge in [-0.3, -0.25) is 9.69 Å². The lowest BCUT2D eigenvalue weighted by Gasteiger charge is -2.22. The van der Waals surface area contributed by atoms with Crippen molar-refractivity contribution in [3.63, 3.8) is 0 Å². The van der Waals surface area contributed by atoms with E-state index in [2.05, 4.69) is 4.98 Å². The molecule has 4 heteroatoms. The van der Waals surface area contributed by atoms with E-state index < -0.39 is 0 Å². The van der Waals surface area contributed by atoms with Gasteiger partial charge in [0.15, 0.2) is 0 Å². The molecule has 0 atom stereocenters. The molecule has 0 saturated carbocycles. The second-order valence-electron chi connectivity index (χ2n) is 5.54. The zero-order valence-corrected chi connectivity index (χ0v) is 14.1. The van der Waals surface area contributed by atoms with E-state index in [0.29, 0.717) is 22.9 Å². The first-order valence-corrected chi connectivity index (χ1v) is 8.06. The lowest BCUT2D eigenvalue weighted by molar-refractivity contribution is 0.0984. The summed E-state index contributed by atoms with van der Waals surface area (Å²) in [6.45, 7) is 2.47. The van der Waals surface area contributed by atoms with Gasteiger partial charge in [-0.25, -0.2) is 4.98 Å². The summed E-state index contributed by atoms with van der Waals surface area (Å²) >= 11 is 6.21. The molecule has 1 amide bonds. The SMILES string of the molecule is Cc1ccc(CN(C(=O)c2ccccc2Cl)c2ccccn2)cc1. The van der Waals surface area contributed by atoms with Crippen molar-refractivity contribution in [2.45, 2.75) is 13.5 Å². The fourth-order valence-corrected chi connectivity index (χ4v) is 2.64. The number of aryl methyl sites for hydroxylation is 1. The molecule has 3 nitrogen and oxygen atoms in total. The van der Waals surface area contributed by atoms with Crippen molar-refractivity contribution in [3.8, 4) is 0 Å². The van der Waals surface area contributed by atoms with Gasteiger partial charge in [0.25, 0.3) is 5.91 Å². The zero-order valence-electron chi connectivity index (χ0n) is 13.3. The van der Waals surface area contributed by atoms with Crippen LogP contribution in [0.25, 0.3) is 0 Å². The maximum absolute atomic E-state index is 13.0. The Balaban J connectivity index is 1.98. The second-order valence-corrected chi connectivity index (χ2v) is 5.95. The summed E-state index contributed by atoms with van der Waals surface area (Å²) < 4.78 is 0. The van der Waals surface area contributed by atoms with Crippen LogP contribution in [0.15, 0.2) is 72.9 Å². The molecule has 3 aromatic rings. The second kappa shape index (κ2) is 7.28. The van der Waals surface area contributed by atoms with Gasteiger partial charge in [-0.05, 0) is 36.8 Å². The average molecular weight is 337 g/mol. The molecule has 1 aromatic heterocycles. The van der Waals surface area contributed by atoms with E-state index in [4.69, 9.17) is 11.6 Å². The maximum Gasteiger partial charge on any atom is 0.261 e. The van der Waals surface area contributed by atoms with E-state index in [1.54, 1.807) is 23.2 Å². The zero-order chi connectivity index (χ0) is 16.9. The summed E-state index contributed by atoms with van der Waals surface area (Å²) in [6, 6.07) is 20.7. The van der Waals surface area contributed by atoms with Crippen molar-refractivity contribution in [2.75, 3.05) is 4.90 Å². The molecule has 0 aliphatic carbocycles. The summed E-state index contributed by atoms with van der Waals surface area (Å²) in [5.41, 5.74) is 2.68. The highest BCUT2D eigenvalue weighted by molar-refractivity contribution is 6.34. The Morgan fingerprint density at radius 1 is 1.00 bits per heavy atom. The molecule has 120 valence electrons. The van der Waals surface area contributed by atoms with Crippen LogP contribution in [-0.2, 0) is 6.54 Å². The Bertz CT molecular complexity index is 832. The summed E-state index contributed by atoms with van der Waals surface area (Å²) in [5, 5.41) is 0.437. The van der Waals surface area contributed by atoms with Crippen LogP contribution in [0, 0.1) is 6.92 Å². The number of nitrogens with zero attached hydrogens (tertiary/aromatic N) is 2. The first-order chi connectivity index (χ1) is 11.6. The Morgan fingerprint density at radius 3 is 2.38 bits per heavy atom. The number of hydrogen-bond donors (Lipinski definition) is 0. The van der Waals surface area contributed by atoms with E-state index in [0.717, 1.165) is 5.56 Å². The van der Waals surface area contributed by atoms with Crippen LogP contribution in [0.4, 0.5) is 5.82 Å². The average Bonchev–Trinajstić information content (AvgIpc) is 2.62. The number of rotatable bonds is 4. The number of benzene rings is 2. The minimum atomic E-state index is -0.167. The molecule has 0 unspecified atom stereocenters. The van der Waals surface area contributed by atoms with Crippen molar-refractivity contribution in [1.82, 2.24) is 4.98 Å². The molecule has 2 aromatic carbocycles. The highest BCUT2D eigenvalue weighted by Gasteiger charge is 2.21. The molecular weight excluding hydrogens is 320 g/mol. The molecule has 0 aliphatic heterocycles. The minimum absolute atomic E-state index is 0.167. The normalized spacial score (nSPS) is 10.4. The Kier molecular flexibility index (Phi) is 4.92. The molecule has 0 aliphatic rings. The first-order valence-electron chi connectivity index (χ1n) is 7.68. The van der Waals surface area contributed by atoms with Crippen LogP contribution >= 0.6 is 11.6 Å². The van der Waals surface area contributed by atoms with Crippen molar-refractivity contribution in [3.05, 3.63) is 94.6 Å². The number of hydrogen-bond acceptors (Lipinski definition) is 2. The minimum Gasteiger partial charge on any atom is -0.288 e. The standard InChI is InChI=1S/C20H17ClN2O/c1-15-9-11-16(12-10-15)14-23(19-8-4-5-13-22-19)20(24)17-6-2-3-7-18(17)21/h2-13H,14H2,1H3. The van der Waals surface area contributed by atoms with Gasteiger partial charge in [0.1, 0.15) is 5.82 Å². The lowest BCUT2D eigenvalue weighted by Crippen LogP contribution is -2.31. The van der Waals surface area contributed by atoms with Crippen LogP contribution in [0.1, 0.15) is 21.5 Å². The van der Waals surface area contributed by atoms with Gasteiger partial charge in [-0.1, -0.05) is 59.6 Å². The van der Waals surface area contributed by atoms with E-state index in [1.807, 2.05) is 61.5 Å². The van der Waals surface area contributed by atoms with Crippen molar-refractivity contribution >= 4 is 23.3 Å². The van der Waals surface area contributed by atoms with Crippen molar-refractivity contribution < 1.29 is 4.79 Å². The van der Waals surface area contributed by atoms with E-state index in [-0.39, 0.29) is 5.91 Å². The van der Waals surface area contributed by atoms with Gasteiger partial charge in [0.05, 0.1) is 17.1 Å². The third-order valence-electron chi connectivity index (χ3n) is 3.74. The summed E-state index contributed by atoms with van der Waals surface area (Å²) in [4.78, 5) is 19.0. The lowest BCUT2D eigenvalue weighted by atomic mass is 10.1. The van der Waals surface area contributed by atoms with Crippen LogP contribution in [0.2, 0.25) is 5.02 Å². The molecule has 0 radical (unpaired) electrons. The maximum atomic E-state index is 13.0.